The number of hydrazine groups is 1. The number of aromatic nitrogens is 1. The molecule has 108 valence electrons. The van der Waals surface area contributed by atoms with Crippen LogP contribution in [0.1, 0.15) is 5.56 Å². The van der Waals surface area contributed by atoms with Crippen molar-refractivity contribution in [3.63, 3.8) is 0 Å². The molecule has 7 nitrogen and oxygen atoms in total. The lowest BCUT2D eigenvalue weighted by molar-refractivity contribution is 0.601. The van der Waals surface area contributed by atoms with Crippen molar-refractivity contribution >= 4 is 33.1 Å². The van der Waals surface area contributed by atoms with Gasteiger partial charge in [0.25, 0.3) is 10.0 Å². The number of nitrogens with one attached hydrogen (secondary N) is 2. The summed E-state index contributed by atoms with van der Waals surface area (Å²) in [4.78, 5) is 3.79. The fourth-order valence-corrected chi connectivity index (χ4v) is 2.84. The van der Waals surface area contributed by atoms with Crippen molar-refractivity contribution < 1.29 is 8.42 Å². The van der Waals surface area contributed by atoms with E-state index in [-0.39, 0.29) is 27.0 Å². The van der Waals surface area contributed by atoms with E-state index in [4.69, 9.17) is 22.7 Å². The quantitative estimate of drug-likeness (QED) is 0.581. The van der Waals surface area contributed by atoms with Crippen LogP contribution in [0.25, 0.3) is 0 Å². The van der Waals surface area contributed by atoms with E-state index in [9.17, 15) is 8.42 Å². The van der Waals surface area contributed by atoms with Crippen LogP contribution in [0, 0.1) is 11.3 Å². The second-order valence-electron chi connectivity index (χ2n) is 3.93. The van der Waals surface area contributed by atoms with Gasteiger partial charge in [0, 0.05) is 12.3 Å². The number of hydrogen-bond donors (Lipinski definition) is 3. The van der Waals surface area contributed by atoms with Crippen molar-refractivity contribution in [2.75, 3.05) is 10.1 Å². The molecule has 0 saturated heterocycles. The molecule has 0 saturated carbocycles. The predicted molar refractivity (Wildman–Crippen MR) is 79.0 cm³/mol. The van der Waals surface area contributed by atoms with Crippen LogP contribution in [0.2, 0.25) is 5.02 Å². The minimum absolute atomic E-state index is 0.0381. The average molecular weight is 324 g/mol. The molecule has 21 heavy (non-hydrogen) atoms. The Morgan fingerprint density at radius 1 is 1.29 bits per heavy atom. The topological polar surface area (TPSA) is 121 Å². The maximum absolute atomic E-state index is 12.3. The molecule has 0 aliphatic carbocycles. The highest BCUT2D eigenvalue weighted by Gasteiger charge is 2.17. The number of benzene rings is 1. The fraction of sp³-hybridized carbons (Fsp3) is 0. The van der Waals surface area contributed by atoms with Crippen molar-refractivity contribution in [2.24, 2.45) is 5.84 Å². The van der Waals surface area contributed by atoms with E-state index in [0.717, 1.165) is 0 Å². The van der Waals surface area contributed by atoms with Gasteiger partial charge in [-0.1, -0.05) is 11.6 Å². The zero-order valence-corrected chi connectivity index (χ0v) is 12.1. The Morgan fingerprint density at radius 2 is 2.05 bits per heavy atom. The predicted octanol–water partition coefficient (Wildman–Crippen LogP) is 1.69. The molecule has 0 bridgehead atoms. The minimum Gasteiger partial charge on any atom is -0.308 e. The number of rotatable bonds is 4. The van der Waals surface area contributed by atoms with Crippen LogP contribution in [-0.4, -0.2) is 13.4 Å². The number of halogens is 1. The number of pyridine rings is 1. The molecule has 0 atom stereocenters. The highest BCUT2D eigenvalue weighted by molar-refractivity contribution is 7.92. The molecular formula is C12H10ClN5O2S. The highest BCUT2D eigenvalue weighted by atomic mass is 35.5. The molecule has 0 amide bonds. The fourth-order valence-electron chi connectivity index (χ4n) is 1.53. The zero-order chi connectivity index (χ0) is 15.5. The SMILES string of the molecule is N#Cc1ccc(Cl)c(NS(=O)(=O)c2ccnc(NN)c2)c1. The van der Waals surface area contributed by atoms with E-state index in [1.165, 1.54) is 36.5 Å². The summed E-state index contributed by atoms with van der Waals surface area (Å²) in [5.74, 6) is 5.40. The van der Waals surface area contributed by atoms with Crippen molar-refractivity contribution in [2.45, 2.75) is 4.90 Å². The average Bonchev–Trinajstić information content (AvgIpc) is 2.49. The van der Waals surface area contributed by atoms with Gasteiger partial charge in [-0.15, -0.1) is 0 Å². The van der Waals surface area contributed by atoms with Gasteiger partial charge in [-0.05, 0) is 24.3 Å². The summed E-state index contributed by atoms with van der Waals surface area (Å²) in [5.41, 5.74) is 2.67. The maximum Gasteiger partial charge on any atom is 0.262 e. The van der Waals surface area contributed by atoms with Crippen LogP contribution >= 0.6 is 11.6 Å². The third kappa shape index (κ3) is 3.41. The van der Waals surface area contributed by atoms with Crippen LogP contribution in [0.5, 0.6) is 0 Å². The molecule has 1 aromatic heterocycles. The molecule has 0 radical (unpaired) electrons. The van der Waals surface area contributed by atoms with Crippen molar-refractivity contribution in [1.82, 2.24) is 4.98 Å². The van der Waals surface area contributed by atoms with Gasteiger partial charge in [-0.25, -0.2) is 19.2 Å². The standard InChI is InChI=1S/C12H10ClN5O2S/c13-10-2-1-8(7-14)5-11(10)18-21(19,20)9-3-4-16-12(6-9)17-15/h1-6,18H,15H2,(H,16,17). The van der Waals surface area contributed by atoms with Crippen molar-refractivity contribution in [3.8, 4) is 6.07 Å². The Morgan fingerprint density at radius 3 is 2.71 bits per heavy atom. The highest BCUT2D eigenvalue weighted by Crippen LogP contribution is 2.26. The summed E-state index contributed by atoms with van der Waals surface area (Å²) in [7, 11) is -3.87. The van der Waals surface area contributed by atoms with Crippen LogP contribution in [0.3, 0.4) is 0 Å². The summed E-state index contributed by atoms with van der Waals surface area (Å²) in [6, 6.07) is 8.77. The van der Waals surface area contributed by atoms with Crippen LogP contribution < -0.4 is 16.0 Å². The Labute approximate surface area is 126 Å². The lowest BCUT2D eigenvalue weighted by Crippen LogP contribution is -2.15. The molecule has 4 N–H and O–H groups in total. The summed E-state index contributed by atoms with van der Waals surface area (Å²) in [5, 5.41) is 9.02. The van der Waals surface area contributed by atoms with Gasteiger partial charge in [0.15, 0.2) is 0 Å². The summed E-state index contributed by atoms with van der Waals surface area (Å²) < 4.78 is 26.9. The summed E-state index contributed by atoms with van der Waals surface area (Å²) in [6.45, 7) is 0. The van der Waals surface area contributed by atoms with E-state index >= 15 is 0 Å². The van der Waals surface area contributed by atoms with Crippen molar-refractivity contribution in [1.29, 1.82) is 5.26 Å². The first-order valence-corrected chi connectivity index (χ1v) is 7.47. The van der Waals surface area contributed by atoms with Gasteiger partial charge >= 0.3 is 0 Å². The Hall–Kier alpha value is -2.34. The Balaban J connectivity index is 2.40. The van der Waals surface area contributed by atoms with Gasteiger partial charge < -0.3 is 5.43 Å². The van der Waals surface area contributed by atoms with E-state index < -0.39 is 10.0 Å². The summed E-state index contributed by atoms with van der Waals surface area (Å²) in [6.07, 6.45) is 1.30. The number of hydrogen-bond acceptors (Lipinski definition) is 6. The first-order chi connectivity index (χ1) is 9.96. The normalized spacial score (nSPS) is 10.7. The smallest absolute Gasteiger partial charge is 0.262 e. The molecule has 1 heterocycles. The molecule has 9 heteroatoms. The van der Waals surface area contributed by atoms with Gasteiger partial charge in [0.05, 0.1) is 27.2 Å². The number of nitrogens with two attached hydrogens (primary N) is 1. The minimum atomic E-state index is -3.87. The number of nitriles is 1. The molecule has 0 unspecified atom stereocenters. The lowest BCUT2D eigenvalue weighted by atomic mass is 10.2. The first kappa shape index (κ1) is 15.1. The largest absolute Gasteiger partial charge is 0.308 e. The van der Waals surface area contributed by atoms with E-state index in [1.807, 2.05) is 6.07 Å². The molecule has 0 aliphatic rings. The van der Waals surface area contributed by atoms with Gasteiger partial charge in [-0.2, -0.15) is 5.26 Å². The number of anilines is 2. The van der Waals surface area contributed by atoms with E-state index in [1.54, 1.807) is 0 Å². The third-order valence-corrected chi connectivity index (χ3v) is 4.22. The number of sulfonamides is 1. The van der Waals surface area contributed by atoms with Crippen LogP contribution in [-0.2, 0) is 10.0 Å². The molecule has 0 spiro atoms. The Bertz CT molecular complexity index is 817. The van der Waals surface area contributed by atoms with Crippen LogP contribution in [0.15, 0.2) is 41.4 Å². The van der Waals surface area contributed by atoms with E-state index in [0.29, 0.717) is 0 Å². The molecule has 0 fully saturated rings. The zero-order valence-electron chi connectivity index (χ0n) is 10.5. The lowest BCUT2D eigenvalue weighted by Gasteiger charge is -2.10. The van der Waals surface area contributed by atoms with Gasteiger partial charge in [0.2, 0.25) is 0 Å². The molecule has 2 rings (SSSR count). The first-order valence-electron chi connectivity index (χ1n) is 5.61. The second-order valence-corrected chi connectivity index (χ2v) is 6.02. The Kier molecular flexibility index (Phi) is 4.28. The van der Waals surface area contributed by atoms with E-state index in [2.05, 4.69) is 15.1 Å². The monoisotopic (exact) mass is 323 g/mol. The molecular weight excluding hydrogens is 314 g/mol. The van der Waals surface area contributed by atoms with Gasteiger partial charge in [-0.3, -0.25) is 4.72 Å². The third-order valence-electron chi connectivity index (χ3n) is 2.53. The van der Waals surface area contributed by atoms with Crippen LogP contribution in [0.4, 0.5) is 11.5 Å². The molecule has 0 aliphatic heterocycles. The number of nitrogens with zero attached hydrogens (tertiary/aromatic N) is 2. The maximum atomic E-state index is 12.3. The van der Waals surface area contributed by atoms with Gasteiger partial charge in [0.1, 0.15) is 5.82 Å². The second kappa shape index (κ2) is 5.97. The number of nitrogen functional groups attached to an aromatic ring is 1. The summed E-state index contributed by atoms with van der Waals surface area (Å²) >= 11 is 5.92. The molecule has 2 aromatic rings. The van der Waals surface area contributed by atoms with Crippen molar-refractivity contribution in [3.05, 3.63) is 47.1 Å². The molecule has 1 aromatic carbocycles.